The minimum atomic E-state index is -1.65. The van der Waals surface area contributed by atoms with Gasteiger partial charge in [0.2, 0.25) is 0 Å². The lowest BCUT2D eigenvalue weighted by Gasteiger charge is -2.33. The summed E-state index contributed by atoms with van der Waals surface area (Å²) in [5.41, 5.74) is 0.802. The van der Waals surface area contributed by atoms with Gasteiger partial charge in [-0.15, -0.1) is 0 Å². The molecule has 3 aromatic carbocycles. The number of methoxy groups -OCH3 is 1. The van der Waals surface area contributed by atoms with Crippen LogP contribution in [0.25, 0.3) is 0 Å². The van der Waals surface area contributed by atoms with Gasteiger partial charge in [0.15, 0.2) is 11.6 Å². The SMILES string of the molecule is COc1cc(CCNC[C@H]2CC(c3ccc(F)c(C(=O)O)c3F)c3ccccc3O2)ccc1F. The van der Waals surface area contributed by atoms with E-state index in [4.69, 9.17) is 9.47 Å². The van der Waals surface area contributed by atoms with E-state index in [1.54, 1.807) is 36.4 Å². The van der Waals surface area contributed by atoms with Crippen molar-refractivity contribution in [1.82, 2.24) is 5.32 Å². The summed E-state index contributed by atoms with van der Waals surface area (Å²) in [5, 5.41) is 12.6. The molecule has 178 valence electrons. The largest absolute Gasteiger partial charge is 0.494 e. The maximum Gasteiger partial charge on any atom is 0.341 e. The Hall–Kier alpha value is -3.52. The zero-order valence-electron chi connectivity index (χ0n) is 18.5. The van der Waals surface area contributed by atoms with E-state index in [0.717, 1.165) is 17.2 Å². The molecule has 0 saturated carbocycles. The molecule has 5 nitrogen and oxygen atoms in total. The van der Waals surface area contributed by atoms with Crippen LogP contribution in [0.5, 0.6) is 11.5 Å². The van der Waals surface area contributed by atoms with E-state index >= 15 is 4.39 Å². The van der Waals surface area contributed by atoms with E-state index in [-0.39, 0.29) is 17.4 Å². The number of carboxylic acid groups (broad SMARTS) is 1. The van der Waals surface area contributed by atoms with Gasteiger partial charge < -0.3 is 19.9 Å². The van der Waals surface area contributed by atoms with E-state index in [2.05, 4.69) is 5.32 Å². The van der Waals surface area contributed by atoms with Gasteiger partial charge in [0.1, 0.15) is 29.1 Å². The number of carboxylic acids is 1. The third-order valence-corrected chi connectivity index (χ3v) is 5.97. The van der Waals surface area contributed by atoms with E-state index in [1.807, 2.05) is 0 Å². The van der Waals surface area contributed by atoms with Crippen molar-refractivity contribution in [1.29, 1.82) is 0 Å². The third-order valence-electron chi connectivity index (χ3n) is 5.97. The van der Waals surface area contributed by atoms with Crippen molar-refractivity contribution in [3.8, 4) is 11.5 Å². The van der Waals surface area contributed by atoms with Crippen molar-refractivity contribution < 1.29 is 32.5 Å². The number of rotatable bonds is 8. The number of carbonyl (C=O) groups is 1. The van der Waals surface area contributed by atoms with E-state index in [9.17, 15) is 18.7 Å². The maximum atomic E-state index is 15.1. The maximum absolute atomic E-state index is 15.1. The minimum absolute atomic E-state index is 0.123. The van der Waals surface area contributed by atoms with Crippen LogP contribution >= 0.6 is 0 Å². The Bertz CT molecular complexity index is 1200. The Morgan fingerprint density at radius 1 is 1.09 bits per heavy atom. The van der Waals surface area contributed by atoms with Crippen LogP contribution in [0.4, 0.5) is 13.2 Å². The number of halogens is 3. The van der Waals surface area contributed by atoms with Gasteiger partial charge in [-0.3, -0.25) is 0 Å². The molecule has 0 amide bonds. The van der Waals surface area contributed by atoms with Crippen molar-refractivity contribution in [2.24, 2.45) is 0 Å². The van der Waals surface area contributed by atoms with Crippen molar-refractivity contribution >= 4 is 5.97 Å². The molecule has 0 bridgehead atoms. The molecule has 3 aromatic rings. The molecule has 0 aliphatic carbocycles. The van der Waals surface area contributed by atoms with E-state index in [1.165, 1.54) is 19.2 Å². The van der Waals surface area contributed by atoms with E-state index < -0.39 is 34.9 Å². The first-order chi connectivity index (χ1) is 16.4. The van der Waals surface area contributed by atoms with Gasteiger partial charge in [-0.1, -0.05) is 30.3 Å². The average Bonchev–Trinajstić information content (AvgIpc) is 2.82. The van der Waals surface area contributed by atoms with Crippen LogP contribution in [0.15, 0.2) is 54.6 Å². The summed E-state index contributed by atoms with van der Waals surface area (Å²) in [6.07, 6.45) is 0.703. The molecule has 1 aliphatic rings. The van der Waals surface area contributed by atoms with Crippen LogP contribution in [0.3, 0.4) is 0 Å². The number of fused-ring (bicyclic) bond motifs is 1. The van der Waals surface area contributed by atoms with Crippen LogP contribution in [-0.4, -0.2) is 37.4 Å². The summed E-state index contributed by atoms with van der Waals surface area (Å²) >= 11 is 0. The second-order valence-corrected chi connectivity index (χ2v) is 8.12. The van der Waals surface area contributed by atoms with Gasteiger partial charge in [0.25, 0.3) is 0 Å². The molecule has 0 aromatic heterocycles. The Morgan fingerprint density at radius 3 is 2.62 bits per heavy atom. The Morgan fingerprint density at radius 2 is 1.85 bits per heavy atom. The van der Waals surface area contributed by atoms with Crippen LogP contribution in [-0.2, 0) is 6.42 Å². The fraction of sp³-hybridized carbons (Fsp3) is 0.269. The number of hydrogen-bond donors (Lipinski definition) is 2. The lowest BCUT2D eigenvalue weighted by Crippen LogP contribution is -2.36. The molecule has 0 radical (unpaired) electrons. The third kappa shape index (κ3) is 4.87. The second kappa shape index (κ2) is 10.2. The van der Waals surface area contributed by atoms with Gasteiger partial charge in [0.05, 0.1) is 7.11 Å². The molecule has 1 aliphatic heterocycles. The van der Waals surface area contributed by atoms with Gasteiger partial charge in [0, 0.05) is 18.0 Å². The highest BCUT2D eigenvalue weighted by atomic mass is 19.1. The summed E-state index contributed by atoms with van der Waals surface area (Å²) in [6, 6.07) is 14.2. The fourth-order valence-corrected chi connectivity index (χ4v) is 4.30. The van der Waals surface area contributed by atoms with E-state index in [0.29, 0.717) is 31.7 Å². The molecular formula is C26H24F3NO4. The highest BCUT2D eigenvalue weighted by molar-refractivity contribution is 5.88. The first kappa shape index (κ1) is 23.6. The number of ether oxygens (including phenoxy) is 2. The molecule has 1 heterocycles. The summed E-state index contributed by atoms with van der Waals surface area (Å²) in [6.45, 7) is 1.05. The van der Waals surface area contributed by atoms with Gasteiger partial charge in [-0.2, -0.15) is 0 Å². The van der Waals surface area contributed by atoms with Crippen molar-refractivity contribution in [2.45, 2.75) is 24.9 Å². The summed E-state index contributed by atoms with van der Waals surface area (Å²) < 4.78 is 53.7. The first-order valence-corrected chi connectivity index (χ1v) is 10.9. The second-order valence-electron chi connectivity index (χ2n) is 8.12. The first-order valence-electron chi connectivity index (χ1n) is 10.9. The topological polar surface area (TPSA) is 67.8 Å². The Kier molecular flexibility index (Phi) is 7.07. The molecule has 4 rings (SSSR count). The van der Waals surface area contributed by atoms with Crippen molar-refractivity contribution in [3.05, 3.63) is 94.3 Å². The lowest BCUT2D eigenvalue weighted by atomic mass is 9.83. The Labute approximate surface area is 195 Å². The Balaban J connectivity index is 1.48. The standard InChI is InChI=1S/C26H24F3NO4/c1-33-23-12-15(6-8-20(23)27)10-11-30-14-16-13-19(17-4-2-3-5-22(17)34-16)18-7-9-21(28)24(25(18)29)26(31)32/h2-9,12,16,19,30H,10-11,13-14H2,1H3,(H,31,32)/t16-,19?/m1/s1. The van der Waals surface area contributed by atoms with Gasteiger partial charge in [-0.05, 0) is 54.8 Å². The van der Waals surface area contributed by atoms with Gasteiger partial charge in [-0.25, -0.2) is 18.0 Å². The molecule has 2 atom stereocenters. The molecule has 0 saturated heterocycles. The zero-order chi connectivity index (χ0) is 24.2. The predicted molar refractivity (Wildman–Crippen MR) is 120 cm³/mol. The minimum Gasteiger partial charge on any atom is -0.494 e. The number of benzene rings is 3. The molecule has 2 N–H and O–H groups in total. The molecule has 0 fully saturated rings. The number of para-hydroxylation sites is 1. The van der Waals surface area contributed by atoms with Crippen molar-refractivity contribution in [2.75, 3.05) is 20.2 Å². The predicted octanol–water partition coefficient (Wildman–Crippen LogP) is 4.93. The number of aromatic carboxylic acids is 1. The molecule has 0 spiro atoms. The highest BCUT2D eigenvalue weighted by Crippen LogP contribution is 2.41. The van der Waals surface area contributed by atoms with Gasteiger partial charge >= 0.3 is 5.97 Å². The van der Waals surface area contributed by atoms with Crippen LogP contribution in [0, 0.1) is 17.5 Å². The molecule has 1 unspecified atom stereocenters. The molecule has 8 heteroatoms. The summed E-state index contributed by atoms with van der Waals surface area (Å²) in [5.74, 6) is -3.96. The smallest absolute Gasteiger partial charge is 0.341 e. The lowest BCUT2D eigenvalue weighted by molar-refractivity contribution is 0.0686. The number of hydrogen-bond acceptors (Lipinski definition) is 4. The monoisotopic (exact) mass is 471 g/mol. The molecular weight excluding hydrogens is 447 g/mol. The van der Waals surface area contributed by atoms with Crippen LogP contribution in [0.1, 0.15) is 39.4 Å². The number of nitrogens with one attached hydrogen (secondary N) is 1. The van der Waals surface area contributed by atoms with Crippen LogP contribution < -0.4 is 14.8 Å². The van der Waals surface area contributed by atoms with Crippen LogP contribution in [0.2, 0.25) is 0 Å². The normalized spacial score (nSPS) is 17.1. The molecule has 34 heavy (non-hydrogen) atoms. The quantitative estimate of drug-likeness (QED) is 0.456. The average molecular weight is 471 g/mol. The zero-order valence-corrected chi connectivity index (χ0v) is 18.5. The van der Waals surface area contributed by atoms with Crippen molar-refractivity contribution in [3.63, 3.8) is 0 Å². The highest BCUT2D eigenvalue weighted by Gasteiger charge is 2.33. The summed E-state index contributed by atoms with van der Waals surface area (Å²) in [4.78, 5) is 11.4. The fourth-order valence-electron chi connectivity index (χ4n) is 4.30. The summed E-state index contributed by atoms with van der Waals surface area (Å²) in [7, 11) is 1.42.